The number of hydrogen-bond donors (Lipinski definition) is 0. The lowest BCUT2D eigenvalue weighted by Gasteiger charge is -1.98. The number of hydrogen-bond acceptors (Lipinski definition) is 4. The maximum absolute atomic E-state index is 11.4. The third-order valence-electron chi connectivity index (χ3n) is 2.08. The van der Waals surface area contributed by atoms with Gasteiger partial charge in [-0.1, -0.05) is 0 Å². The number of ether oxygens (including phenoxy) is 1. The topological polar surface area (TPSA) is 44.1 Å². The summed E-state index contributed by atoms with van der Waals surface area (Å²) in [6.07, 6.45) is 3.23. The lowest BCUT2D eigenvalue weighted by Crippen LogP contribution is -2.03. The summed E-state index contributed by atoms with van der Waals surface area (Å²) in [5, 5.41) is 6.15. The Morgan fingerprint density at radius 1 is 1.65 bits per heavy atom. The van der Waals surface area contributed by atoms with Crippen LogP contribution in [0.15, 0.2) is 28.3 Å². The molecule has 0 saturated heterocycles. The lowest BCUT2D eigenvalue weighted by atomic mass is 10.4. The largest absolute Gasteiger partial charge is 0.462 e. The number of aromatic nitrogens is 2. The minimum atomic E-state index is -0.328. The zero-order chi connectivity index (χ0) is 12.3. The fourth-order valence-electron chi connectivity index (χ4n) is 1.37. The molecule has 0 bridgehead atoms. The van der Waals surface area contributed by atoms with Crippen LogP contribution in [0, 0.1) is 0 Å². The molecule has 2 rings (SSSR count). The maximum Gasteiger partial charge on any atom is 0.341 e. The second-order valence-corrected chi connectivity index (χ2v) is 5.29. The van der Waals surface area contributed by atoms with Gasteiger partial charge in [-0.2, -0.15) is 5.10 Å². The molecule has 0 aromatic carbocycles. The summed E-state index contributed by atoms with van der Waals surface area (Å²) in [5.41, 5.74) is 0.488. The lowest BCUT2D eigenvalue weighted by molar-refractivity contribution is 0.0526. The van der Waals surface area contributed by atoms with Crippen molar-refractivity contribution in [1.29, 1.82) is 0 Å². The second-order valence-electron chi connectivity index (χ2n) is 3.38. The van der Waals surface area contributed by atoms with Gasteiger partial charge < -0.3 is 4.74 Å². The number of thiophene rings is 1. The molecule has 6 heteroatoms. The first-order chi connectivity index (χ1) is 8.19. The highest BCUT2D eigenvalue weighted by Crippen LogP contribution is 2.20. The Kier molecular flexibility index (Phi) is 3.96. The summed E-state index contributed by atoms with van der Waals surface area (Å²) < 4.78 is 7.69. The molecule has 17 heavy (non-hydrogen) atoms. The smallest absolute Gasteiger partial charge is 0.341 e. The first-order valence-electron chi connectivity index (χ1n) is 5.11. The predicted molar refractivity (Wildman–Crippen MR) is 69.3 cm³/mol. The average Bonchev–Trinajstić information content (AvgIpc) is 2.89. The van der Waals surface area contributed by atoms with Gasteiger partial charge in [0.05, 0.1) is 24.9 Å². The van der Waals surface area contributed by atoms with E-state index in [1.165, 1.54) is 11.1 Å². The maximum atomic E-state index is 11.4. The molecule has 0 aliphatic heterocycles. The molecule has 0 aliphatic rings. The van der Waals surface area contributed by atoms with Crippen molar-refractivity contribution in [1.82, 2.24) is 9.78 Å². The van der Waals surface area contributed by atoms with Crippen LogP contribution in [0.3, 0.4) is 0 Å². The van der Waals surface area contributed by atoms with Gasteiger partial charge >= 0.3 is 5.97 Å². The van der Waals surface area contributed by atoms with Crippen molar-refractivity contribution in [3.05, 3.63) is 38.8 Å². The van der Waals surface area contributed by atoms with Crippen LogP contribution in [-0.2, 0) is 11.3 Å². The molecule has 0 saturated carbocycles. The molecule has 0 radical (unpaired) electrons. The predicted octanol–water partition coefficient (Wildman–Crippen LogP) is 2.93. The molecular weight excluding hydrogens is 304 g/mol. The fraction of sp³-hybridized carbons (Fsp3) is 0.273. The van der Waals surface area contributed by atoms with Gasteiger partial charge in [0.2, 0.25) is 0 Å². The van der Waals surface area contributed by atoms with Crippen LogP contribution in [0.5, 0.6) is 0 Å². The van der Waals surface area contributed by atoms with Crippen molar-refractivity contribution in [2.24, 2.45) is 0 Å². The van der Waals surface area contributed by atoms with Gasteiger partial charge in [0.15, 0.2) is 0 Å². The van der Waals surface area contributed by atoms with Crippen molar-refractivity contribution in [2.45, 2.75) is 13.5 Å². The van der Waals surface area contributed by atoms with Crippen molar-refractivity contribution in [3.8, 4) is 0 Å². The van der Waals surface area contributed by atoms with Crippen LogP contribution < -0.4 is 0 Å². The number of carbonyl (C=O) groups is 1. The van der Waals surface area contributed by atoms with Crippen molar-refractivity contribution in [2.75, 3.05) is 6.61 Å². The van der Waals surface area contributed by atoms with E-state index in [0.717, 1.165) is 4.47 Å². The van der Waals surface area contributed by atoms with Gasteiger partial charge in [-0.25, -0.2) is 4.79 Å². The third-order valence-corrected chi connectivity index (χ3v) is 3.77. The van der Waals surface area contributed by atoms with Gasteiger partial charge in [-0.05, 0) is 28.9 Å². The standard InChI is InChI=1S/C11H11BrN2O2S/c1-2-16-11(15)8-4-13-14(5-8)6-10-3-9(12)7-17-10/h3-5,7H,2,6H2,1H3. The van der Waals surface area contributed by atoms with Crippen LogP contribution >= 0.6 is 27.3 Å². The molecule has 0 N–H and O–H groups in total. The summed E-state index contributed by atoms with van der Waals surface area (Å²) in [7, 11) is 0. The molecule has 0 spiro atoms. The van der Waals surface area contributed by atoms with E-state index < -0.39 is 0 Å². The zero-order valence-corrected chi connectivity index (χ0v) is 11.6. The molecule has 2 aromatic rings. The number of carbonyl (C=O) groups excluding carboxylic acids is 1. The highest BCUT2D eigenvalue weighted by molar-refractivity contribution is 9.10. The number of nitrogens with zero attached hydrogens (tertiary/aromatic N) is 2. The SMILES string of the molecule is CCOC(=O)c1cnn(Cc2cc(Br)cs2)c1. The van der Waals surface area contributed by atoms with Crippen LogP contribution in [0.4, 0.5) is 0 Å². The average molecular weight is 315 g/mol. The van der Waals surface area contributed by atoms with Crippen LogP contribution in [0.25, 0.3) is 0 Å². The number of rotatable bonds is 4. The Balaban J connectivity index is 2.06. The molecule has 0 fully saturated rings. The molecule has 0 atom stereocenters. The Morgan fingerprint density at radius 3 is 3.12 bits per heavy atom. The van der Waals surface area contributed by atoms with Gasteiger partial charge in [0.25, 0.3) is 0 Å². The number of esters is 1. The highest BCUT2D eigenvalue weighted by atomic mass is 79.9. The molecule has 0 amide bonds. The minimum Gasteiger partial charge on any atom is -0.462 e. The van der Waals surface area contributed by atoms with Crippen molar-refractivity contribution < 1.29 is 9.53 Å². The summed E-state index contributed by atoms with van der Waals surface area (Å²) in [5.74, 6) is -0.328. The number of halogens is 1. The Bertz CT molecular complexity index is 521. The summed E-state index contributed by atoms with van der Waals surface area (Å²) in [6.45, 7) is 2.82. The van der Waals surface area contributed by atoms with E-state index in [1.54, 1.807) is 29.1 Å². The fourth-order valence-corrected chi connectivity index (χ4v) is 2.81. The van der Waals surface area contributed by atoms with E-state index in [2.05, 4.69) is 21.0 Å². The summed E-state index contributed by atoms with van der Waals surface area (Å²) in [6, 6.07) is 2.04. The van der Waals surface area contributed by atoms with E-state index in [-0.39, 0.29) is 5.97 Å². The van der Waals surface area contributed by atoms with Crippen LogP contribution in [0.1, 0.15) is 22.2 Å². The van der Waals surface area contributed by atoms with E-state index >= 15 is 0 Å². The Hall–Kier alpha value is -1.14. The Labute approximate surface area is 111 Å². The normalized spacial score (nSPS) is 10.5. The van der Waals surface area contributed by atoms with Gasteiger partial charge in [-0.3, -0.25) is 4.68 Å². The molecule has 2 aromatic heterocycles. The van der Waals surface area contributed by atoms with Crippen molar-refractivity contribution in [3.63, 3.8) is 0 Å². The zero-order valence-electron chi connectivity index (χ0n) is 9.22. The molecule has 90 valence electrons. The molecular formula is C11H11BrN2O2S. The summed E-state index contributed by atoms with van der Waals surface area (Å²) in [4.78, 5) is 12.6. The van der Waals surface area contributed by atoms with Crippen LogP contribution in [0.2, 0.25) is 0 Å². The second kappa shape index (κ2) is 5.46. The first-order valence-corrected chi connectivity index (χ1v) is 6.79. The molecule has 0 unspecified atom stereocenters. The quantitative estimate of drug-likeness (QED) is 0.815. The summed E-state index contributed by atoms with van der Waals surface area (Å²) >= 11 is 5.05. The van der Waals surface area contributed by atoms with E-state index in [9.17, 15) is 4.79 Å². The third kappa shape index (κ3) is 3.17. The highest BCUT2D eigenvalue weighted by Gasteiger charge is 2.09. The molecule has 2 heterocycles. The van der Waals surface area contributed by atoms with Crippen molar-refractivity contribution >= 4 is 33.2 Å². The van der Waals surface area contributed by atoms with E-state index in [1.807, 2.05) is 11.4 Å². The van der Waals surface area contributed by atoms with E-state index in [0.29, 0.717) is 18.7 Å². The van der Waals surface area contributed by atoms with Gasteiger partial charge in [0.1, 0.15) is 0 Å². The minimum absolute atomic E-state index is 0.328. The monoisotopic (exact) mass is 314 g/mol. The van der Waals surface area contributed by atoms with Gasteiger partial charge in [0, 0.05) is 20.9 Å². The van der Waals surface area contributed by atoms with Crippen LogP contribution in [-0.4, -0.2) is 22.4 Å². The first kappa shape index (κ1) is 12.3. The Morgan fingerprint density at radius 2 is 2.47 bits per heavy atom. The molecule has 4 nitrogen and oxygen atoms in total. The molecule has 0 aliphatic carbocycles. The van der Waals surface area contributed by atoms with E-state index in [4.69, 9.17) is 4.74 Å². The van der Waals surface area contributed by atoms with Gasteiger partial charge in [-0.15, -0.1) is 11.3 Å².